The van der Waals surface area contributed by atoms with Crippen molar-refractivity contribution in [3.05, 3.63) is 57.3 Å². The summed E-state index contributed by atoms with van der Waals surface area (Å²) in [6, 6.07) is 11.5. The lowest BCUT2D eigenvalue weighted by Gasteiger charge is -2.15. The van der Waals surface area contributed by atoms with Gasteiger partial charge in [-0.25, -0.2) is 4.79 Å². The summed E-state index contributed by atoms with van der Waals surface area (Å²) in [7, 11) is 2.08. The van der Waals surface area contributed by atoms with Crippen LogP contribution in [-0.2, 0) is 19.5 Å². The maximum Gasteiger partial charge on any atom is 0.335 e. The molecule has 0 unspecified atom stereocenters. The largest absolute Gasteiger partial charge is 0.478 e. The third kappa shape index (κ3) is 3.92. The quantitative estimate of drug-likeness (QED) is 0.882. The minimum atomic E-state index is -0.879. The molecule has 1 heterocycles. The average Bonchev–Trinajstić information content (AvgIpc) is 2.86. The lowest BCUT2D eigenvalue weighted by molar-refractivity contribution is 0.0697. The summed E-state index contributed by atoms with van der Waals surface area (Å²) in [6.45, 7) is 3.91. The molecular formula is C16H19NO2S. The van der Waals surface area contributed by atoms with E-state index in [1.54, 1.807) is 12.1 Å². The number of aromatic carboxylic acids is 1. The van der Waals surface area contributed by atoms with Crippen molar-refractivity contribution in [1.82, 2.24) is 4.90 Å². The van der Waals surface area contributed by atoms with Gasteiger partial charge in [-0.3, -0.25) is 4.90 Å². The van der Waals surface area contributed by atoms with E-state index in [9.17, 15) is 4.79 Å². The van der Waals surface area contributed by atoms with Crippen LogP contribution in [0.25, 0.3) is 0 Å². The Morgan fingerprint density at radius 1 is 1.10 bits per heavy atom. The number of aryl methyl sites for hydroxylation is 1. The van der Waals surface area contributed by atoms with Crippen molar-refractivity contribution < 1.29 is 9.90 Å². The summed E-state index contributed by atoms with van der Waals surface area (Å²) in [6.07, 6.45) is 1.09. The molecule has 2 rings (SSSR count). The zero-order valence-electron chi connectivity index (χ0n) is 11.8. The second kappa shape index (κ2) is 6.68. The summed E-state index contributed by atoms with van der Waals surface area (Å²) >= 11 is 1.86. The Bertz CT molecular complexity index is 574. The number of thiophene rings is 1. The third-order valence-corrected chi connectivity index (χ3v) is 4.36. The molecule has 0 aliphatic rings. The van der Waals surface area contributed by atoms with Gasteiger partial charge >= 0.3 is 5.97 Å². The number of benzene rings is 1. The molecule has 1 N–H and O–H groups in total. The molecule has 0 saturated heterocycles. The second-order valence-corrected chi connectivity index (χ2v) is 6.15. The van der Waals surface area contributed by atoms with E-state index in [-0.39, 0.29) is 0 Å². The van der Waals surface area contributed by atoms with Crippen LogP contribution in [0.15, 0.2) is 36.4 Å². The molecular weight excluding hydrogens is 270 g/mol. The van der Waals surface area contributed by atoms with Gasteiger partial charge < -0.3 is 5.11 Å². The summed E-state index contributed by atoms with van der Waals surface area (Å²) in [5.74, 6) is -0.879. The van der Waals surface area contributed by atoms with Crippen molar-refractivity contribution >= 4 is 17.3 Å². The fourth-order valence-electron chi connectivity index (χ4n) is 2.08. The molecule has 106 valence electrons. The Kier molecular flexibility index (Phi) is 4.93. The van der Waals surface area contributed by atoms with E-state index in [1.165, 1.54) is 9.75 Å². The van der Waals surface area contributed by atoms with Crippen LogP contribution in [0, 0.1) is 0 Å². The average molecular weight is 289 g/mol. The van der Waals surface area contributed by atoms with Crippen molar-refractivity contribution in [3.8, 4) is 0 Å². The Balaban J connectivity index is 1.93. The SMILES string of the molecule is CCc1ccc(CN(C)Cc2ccc(C(=O)O)cc2)s1. The van der Waals surface area contributed by atoms with Crippen LogP contribution in [0.5, 0.6) is 0 Å². The fraction of sp³-hybridized carbons (Fsp3) is 0.312. The molecule has 0 aliphatic carbocycles. The predicted molar refractivity (Wildman–Crippen MR) is 82.3 cm³/mol. The Morgan fingerprint density at radius 2 is 1.75 bits per heavy atom. The number of hydrogen-bond donors (Lipinski definition) is 1. The summed E-state index contributed by atoms with van der Waals surface area (Å²) in [5.41, 5.74) is 1.46. The van der Waals surface area contributed by atoms with Gasteiger partial charge in [0.05, 0.1) is 5.56 Å². The molecule has 4 heteroatoms. The summed E-state index contributed by atoms with van der Waals surface area (Å²) in [4.78, 5) is 15.8. The normalized spacial score (nSPS) is 10.9. The Morgan fingerprint density at radius 3 is 2.30 bits per heavy atom. The van der Waals surface area contributed by atoms with E-state index in [4.69, 9.17) is 5.11 Å². The van der Waals surface area contributed by atoms with Gasteiger partial charge in [0.1, 0.15) is 0 Å². The van der Waals surface area contributed by atoms with E-state index in [0.29, 0.717) is 5.56 Å². The molecule has 0 aliphatic heterocycles. The van der Waals surface area contributed by atoms with E-state index in [1.807, 2.05) is 23.5 Å². The van der Waals surface area contributed by atoms with Crippen LogP contribution >= 0.6 is 11.3 Å². The topological polar surface area (TPSA) is 40.5 Å². The lowest BCUT2D eigenvalue weighted by Crippen LogP contribution is -2.16. The van der Waals surface area contributed by atoms with Crippen molar-refractivity contribution in [3.63, 3.8) is 0 Å². The smallest absolute Gasteiger partial charge is 0.335 e. The first-order valence-corrected chi connectivity index (χ1v) is 7.48. The Hall–Kier alpha value is -1.65. The number of rotatable bonds is 6. The van der Waals surface area contributed by atoms with Gasteiger partial charge in [0, 0.05) is 22.8 Å². The highest BCUT2D eigenvalue weighted by molar-refractivity contribution is 7.11. The summed E-state index contributed by atoms with van der Waals surface area (Å²) in [5, 5.41) is 8.87. The van der Waals surface area contributed by atoms with Crippen LogP contribution in [0.4, 0.5) is 0 Å². The van der Waals surface area contributed by atoms with Gasteiger partial charge in [0.15, 0.2) is 0 Å². The molecule has 1 aromatic heterocycles. The van der Waals surface area contributed by atoms with Gasteiger partial charge in [-0.1, -0.05) is 19.1 Å². The highest BCUT2D eigenvalue weighted by atomic mass is 32.1. The van der Waals surface area contributed by atoms with Gasteiger partial charge in [-0.15, -0.1) is 11.3 Å². The molecule has 3 nitrogen and oxygen atoms in total. The number of carbonyl (C=O) groups is 1. The molecule has 0 amide bonds. The molecule has 0 radical (unpaired) electrons. The molecule has 20 heavy (non-hydrogen) atoms. The number of carboxylic acids is 1. The predicted octanol–water partition coefficient (Wildman–Crippen LogP) is 3.64. The first kappa shape index (κ1) is 14.8. The van der Waals surface area contributed by atoms with Gasteiger partial charge in [-0.05, 0) is 43.3 Å². The van der Waals surface area contributed by atoms with E-state index in [0.717, 1.165) is 25.1 Å². The zero-order valence-corrected chi connectivity index (χ0v) is 12.6. The fourth-order valence-corrected chi connectivity index (χ4v) is 3.12. The van der Waals surface area contributed by atoms with Gasteiger partial charge in [0.2, 0.25) is 0 Å². The first-order valence-electron chi connectivity index (χ1n) is 6.67. The van der Waals surface area contributed by atoms with E-state index < -0.39 is 5.97 Å². The highest BCUT2D eigenvalue weighted by Gasteiger charge is 2.06. The minimum absolute atomic E-state index is 0.335. The molecule has 0 bridgehead atoms. The van der Waals surface area contributed by atoms with Crippen molar-refractivity contribution in [1.29, 1.82) is 0 Å². The second-order valence-electron chi connectivity index (χ2n) is 4.90. The van der Waals surface area contributed by atoms with Crippen LogP contribution in [-0.4, -0.2) is 23.0 Å². The van der Waals surface area contributed by atoms with E-state index >= 15 is 0 Å². The Labute approximate surface area is 123 Å². The van der Waals surface area contributed by atoms with Crippen LogP contribution in [0.1, 0.15) is 32.6 Å². The maximum absolute atomic E-state index is 10.8. The van der Waals surface area contributed by atoms with Crippen molar-refractivity contribution in [2.75, 3.05) is 7.05 Å². The maximum atomic E-state index is 10.8. The molecule has 1 aromatic carbocycles. The number of carboxylic acid groups (broad SMARTS) is 1. The van der Waals surface area contributed by atoms with Gasteiger partial charge in [0.25, 0.3) is 0 Å². The van der Waals surface area contributed by atoms with Crippen LogP contribution in [0.2, 0.25) is 0 Å². The molecule has 2 aromatic rings. The summed E-state index contributed by atoms with van der Waals surface area (Å²) < 4.78 is 0. The first-order chi connectivity index (χ1) is 9.58. The number of hydrogen-bond acceptors (Lipinski definition) is 3. The molecule has 0 fully saturated rings. The van der Waals surface area contributed by atoms with E-state index in [2.05, 4.69) is 31.0 Å². The molecule has 0 saturated carbocycles. The minimum Gasteiger partial charge on any atom is -0.478 e. The zero-order chi connectivity index (χ0) is 14.5. The molecule has 0 atom stereocenters. The third-order valence-electron chi connectivity index (χ3n) is 3.14. The van der Waals surface area contributed by atoms with Crippen LogP contribution in [0.3, 0.4) is 0 Å². The van der Waals surface area contributed by atoms with Crippen molar-refractivity contribution in [2.45, 2.75) is 26.4 Å². The van der Waals surface area contributed by atoms with Crippen LogP contribution < -0.4 is 0 Å². The van der Waals surface area contributed by atoms with Crippen molar-refractivity contribution in [2.24, 2.45) is 0 Å². The monoisotopic (exact) mass is 289 g/mol. The highest BCUT2D eigenvalue weighted by Crippen LogP contribution is 2.19. The molecule has 0 spiro atoms. The number of nitrogens with zero attached hydrogens (tertiary/aromatic N) is 1. The lowest BCUT2D eigenvalue weighted by atomic mass is 10.1. The van der Waals surface area contributed by atoms with Gasteiger partial charge in [-0.2, -0.15) is 0 Å². The standard InChI is InChI=1S/C16H19NO2S/c1-3-14-8-9-15(20-14)11-17(2)10-12-4-6-13(7-5-12)16(18)19/h4-9H,3,10-11H2,1-2H3,(H,18,19).